The van der Waals surface area contributed by atoms with E-state index in [-0.39, 0.29) is 23.1 Å². The first kappa shape index (κ1) is 20.3. The largest absolute Gasteiger partial charge is 0.507 e. The topological polar surface area (TPSA) is 82.4 Å². The van der Waals surface area contributed by atoms with E-state index in [4.69, 9.17) is 0 Å². The highest BCUT2D eigenvalue weighted by Gasteiger charge is 2.33. The fourth-order valence-corrected chi connectivity index (χ4v) is 4.04. The molecule has 1 aliphatic rings. The minimum atomic E-state index is -4.55. The predicted octanol–water partition coefficient (Wildman–Crippen LogP) is 3.87. The van der Waals surface area contributed by atoms with Gasteiger partial charge in [0.1, 0.15) is 11.4 Å². The van der Waals surface area contributed by atoms with Crippen molar-refractivity contribution in [2.24, 2.45) is 11.8 Å². The quantitative estimate of drug-likeness (QED) is 0.658. The summed E-state index contributed by atoms with van der Waals surface area (Å²) >= 11 is 0. The number of anilines is 1. The summed E-state index contributed by atoms with van der Waals surface area (Å²) in [6.45, 7) is 5.14. The van der Waals surface area contributed by atoms with Crippen LogP contribution in [-0.4, -0.2) is 44.6 Å². The molecule has 1 aliphatic heterocycles. The van der Waals surface area contributed by atoms with Crippen molar-refractivity contribution in [3.8, 4) is 17.0 Å². The predicted molar refractivity (Wildman–Crippen MR) is 106 cm³/mol. The van der Waals surface area contributed by atoms with Crippen molar-refractivity contribution >= 4 is 16.6 Å². The van der Waals surface area contributed by atoms with E-state index in [1.54, 1.807) is 18.5 Å². The van der Waals surface area contributed by atoms with E-state index < -0.39 is 23.6 Å². The number of aliphatic hydroxyl groups excluding tert-OH is 1. The monoisotopic (exact) mass is 418 g/mol. The molecule has 3 atom stereocenters. The Balaban J connectivity index is 1.81. The van der Waals surface area contributed by atoms with Gasteiger partial charge >= 0.3 is 6.18 Å². The molecule has 0 spiro atoms. The average Bonchev–Trinajstić information content (AvgIpc) is 2.70. The molecule has 0 saturated carbocycles. The lowest BCUT2D eigenvalue weighted by Crippen LogP contribution is -2.47. The highest BCUT2D eigenvalue weighted by molar-refractivity contribution is 6.00. The van der Waals surface area contributed by atoms with Crippen LogP contribution in [0.2, 0.25) is 0 Å². The Kier molecular flexibility index (Phi) is 5.01. The molecule has 0 bridgehead atoms. The van der Waals surface area contributed by atoms with Gasteiger partial charge in [-0.2, -0.15) is 13.2 Å². The summed E-state index contributed by atoms with van der Waals surface area (Å²) in [7, 11) is 0. The fourth-order valence-electron chi connectivity index (χ4n) is 4.04. The van der Waals surface area contributed by atoms with Gasteiger partial charge in [-0.1, -0.05) is 13.8 Å². The van der Waals surface area contributed by atoms with Crippen molar-refractivity contribution in [1.29, 1.82) is 0 Å². The minimum Gasteiger partial charge on any atom is -0.507 e. The van der Waals surface area contributed by atoms with Gasteiger partial charge < -0.3 is 15.1 Å². The molecular weight excluding hydrogens is 397 g/mol. The van der Waals surface area contributed by atoms with Crippen LogP contribution in [0.3, 0.4) is 0 Å². The number of pyridine rings is 1. The van der Waals surface area contributed by atoms with Crippen LogP contribution in [0.4, 0.5) is 19.0 Å². The van der Waals surface area contributed by atoms with Crippen LogP contribution in [0.15, 0.2) is 36.7 Å². The number of rotatable bonds is 2. The molecule has 2 aromatic heterocycles. The number of fused-ring (bicyclic) bond motifs is 1. The second-order valence-corrected chi connectivity index (χ2v) is 7.87. The molecule has 1 saturated heterocycles. The molecule has 9 heteroatoms. The van der Waals surface area contributed by atoms with Gasteiger partial charge in [-0.3, -0.25) is 4.98 Å². The normalized spacial score (nSPS) is 22.5. The van der Waals surface area contributed by atoms with Crippen molar-refractivity contribution in [2.45, 2.75) is 26.1 Å². The molecule has 2 N–H and O–H groups in total. The molecule has 0 aliphatic carbocycles. The first-order valence-corrected chi connectivity index (χ1v) is 9.61. The van der Waals surface area contributed by atoms with Crippen LogP contribution in [0.25, 0.3) is 22.0 Å². The lowest BCUT2D eigenvalue weighted by atomic mass is 9.88. The molecule has 4 rings (SSSR count). The van der Waals surface area contributed by atoms with E-state index in [9.17, 15) is 23.4 Å². The molecule has 6 nitrogen and oxygen atoms in total. The Hall–Kier alpha value is -2.94. The lowest BCUT2D eigenvalue weighted by molar-refractivity contribution is -0.137. The Labute approximate surface area is 171 Å². The van der Waals surface area contributed by atoms with Crippen LogP contribution < -0.4 is 4.90 Å². The van der Waals surface area contributed by atoms with Crippen molar-refractivity contribution in [1.82, 2.24) is 15.2 Å². The Morgan fingerprint density at radius 3 is 2.37 bits per heavy atom. The number of aromatic hydroxyl groups is 1. The number of benzene rings is 1. The molecule has 1 aromatic carbocycles. The van der Waals surface area contributed by atoms with Gasteiger partial charge in [-0.15, -0.1) is 10.2 Å². The number of aliphatic hydroxyl groups is 1. The van der Waals surface area contributed by atoms with Gasteiger partial charge in [0.15, 0.2) is 5.82 Å². The lowest BCUT2D eigenvalue weighted by Gasteiger charge is -2.39. The number of nitrogens with zero attached hydrogens (tertiary/aromatic N) is 4. The zero-order chi connectivity index (χ0) is 21.6. The van der Waals surface area contributed by atoms with Crippen LogP contribution in [0, 0.1) is 11.8 Å². The molecule has 0 amide bonds. The molecule has 3 aromatic rings. The molecule has 30 heavy (non-hydrogen) atoms. The molecule has 3 heterocycles. The second kappa shape index (κ2) is 7.39. The summed E-state index contributed by atoms with van der Waals surface area (Å²) in [6.07, 6.45) is -1.78. The summed E-state index contributed by atoms with van der Waals surface area (Å²) < 4.78 is 38.8. The van der Waals surface area contributed by atoms with Gasteiger partial charge in [0, 0.05) is 41.8 Å². The van der Waals surface area contributed by atoms with Crippen molar-refractivity contribution in [3.63, 3.8) is 0 Å². The summed E-state index contributed by atoms with van der Waals surface area (Å²) in [6, 6.07) is 4.55. The number of piperidine rings is 1. The average molecular weight is 418 g/mol. The van der Waals surface area contributed by atoms with Gasteiger partial charge in [0.25, 0.3) is 0 Å². The van der Waals surface area contributed by atoms with Crippen LogP contribution >= 0.6 is 0 Å². The van der Waals surface area contributed by atoms with Crippen LogP contribution in [-0.2, 0) is 6.18 Å². The van der Waals surface area contributed by atoms with Crippen molar-refractivity contribution < 1.29 is 23.4 Å². The maximum Gasteiger partial charge on any atom is 0.416 e. The first-order valence-electron chi connectivity index (χ1n) is 9.61. The van der Waals surface area contributed by atoms with Crippen LogP contribution in [0.1, 0.15) is 19.4 Å². The minimum absolute atomic E-state index is 0.0473. The standard InChI is InChI=1S/C21H21F3N4O2/c1-11-9-28(10-12(2)19(11)30)20-14-5-6-25-8-16(14)18(26-27-20)15-4-3-13(7-17(15)29)21(22,23)24/h3-8,11-12,19,29-30H,9-10H2,1-2H3/t11-,12+,19+. The number of hydrogen-bond donors (Lipinski definition) is 2. The molecule has 1 fully saturated rings. The SMILES string of the molecule is C[C@@H]1CN(c2nnc(-c3ccc(C(F)(F)F)cc3O)c3cnccc23)C[C@H](C)[C@H]1O. The number of phenolic OH excluding ortho intramolecular Hbond substituents is 1. The first-order chi connectivity index (χ1) is 14.2. The summed E-state index contributed by atoms with van der Waals surface area (Å²) in [5, 5.41) is 30.4. The highest BCUT2D eigenvalue weighted by atomic mass is 19.4. The van der Waals surface area contributed by atoms with E-state index in [1.165, 1.54) is 6.07 Å². The van der Waals surface area contributed by atoms with Crippen molar-refractivity contribution in [3.05, 3.63) is 42.2 Å². The third-order valence-electron chi connectivity index (χ3n) is 5.62. The number of phenols is 1. The van der Waals surface area contributed by atoms with E-state index in [1.807, 2.05) is 18.7 Å². The zero-order valence-corrected chi connectivity index (χ0v) is 16.4. The Bertz CT molecular complexity index is 1080. The van der Waals surface area contributed by atoms with Gasteiger partial charge in [0.05, 0.1) is 11.7 Å². The molecule has 158 valence electrons. The third kappa shape index (κ3) is 3.54. The zero-order valence-electron chi connectivity index (χ0n) is 16.4. The summed E-state index contributed by atoms with van der Waals surface area (Å²) in [5.41, 5.74) is -0.535. The number of aromatic nitrogens is 3. The number of hydrogen-bond acceptors (Lipinski definition) is 6. The van der Waals surface area contributed by atoms with E-state index >= 15 is 0 Å². The Morgan fingerprint density at radius 2 is 1.73 bits per heavy atom. The third-order valence-corrected chi connectivity index (χ3v) is 5.62. The maximum atomic E-state index is 12.9. The van der Waals surface area contributed by atoms with Crippen molar-refractivity contribution in [2.75, 3.05) is 18.0 Å². The number of halogens is 3. The molecule has 0 radical (unpaired) electrons. The summed E-state index contributed by atoms with van der Waals surface area (Å²) in [4.78, 5) is 6.18. The maximum absolute atomic E-state index is 12.9. The van der Waals surface area contributed by atoms with Crippen LogP contribution in [0.5, 0.6) is 5.75 Å². The van der Waals surface area contributed by atoms with E-state index in [0.717, 1.165) is 11.5 Å². The Morgan fingerprint density at radius 1 is 1.03 bits per heavy atom. The number of alkyl halides is 3. The fraction of sp³-hybridized carbons (Fsp3) is 0.381. The van der Waals surface area contributed by atoms with E-state index in [2.05, 4.69) is 15.2 Å². The van der Waals surface area contributed by atoms with Gasteiger partial charge in [0.2, 0.25) is 0 Å². The highest BCUT2D eigenvalue weighted by Crippen LogP contribution is 2.39. The van der Waals surface area contributed by atoms with Gasteiger partial charge in [-0.25, -0.2) is 0 Å². The smallest absolute Gasteiger partial charge is 0.416 e. The second-order valence-electron chi connectivity index (χ2n) is 7.87. The molecule has 0 unspecified atom stereocenters. The summed E-state index contributed by atoms with van der Waals surface area (Å²) in [5.74, 6) is 0.186. The molecular formula is C21H21F3N4O2. The van der Waals surface area contributed by atoms with E-state index in [0.29, 0.717) is 30.4 Å². The van der Waals surface area contributed by atoms with Gasteiger partial charge in [-0.05, 0) is 36.1 Å².